The van der Waals surface area contributed by atoms with Crippen molar-refractivity contribution in [2.45, 2.75) is 70.2 Å². The lowest BCUT2D eigenvalue weighted by Crippen LogP contribution is -2.60. The molecule has 3 heterocycles. The molecule has 3 aliphatic rings. The van der Waals surface area contributed by atoms with Gasteiger partial charge in [-0.2, -0.15) is 0 Å². The number of fused-ring (bicyclic) bond motifs is 1. The summed E-state index contributed by atoms with van der Waals surface area (Å²) in [5.74, 6) is -3.73. The van der Waals surface area contributed by atoms with Gasteiger partial charge in [-0.1, -0.05) is 13.0 Å². The Hall–Kier alpha value is -1.93. The smallest absolute Gasteiger partial charge is 0.310 e. The number of carbonyl (C=O) groups excluding carboxylic acids is 2. The molecular weight excluding hydrogens is 388 g/mol. The van der Waals surface area contributed by atoms with E-state index >= 15 is 0 Å². The van der Waals surface area contributed by atoms with Gasteiger partial charge in [0.15, 0.2) is 0 Å². The monoisotopic (exact) mass is 422 g/mol. The van der Waals surface area contributed by atoms with Gasteiger partial charge in [-0.25, -0.2) is 0 Å². The maximum absolute atomic E-state index is 13.9. The average Bonchev–Trinajstić information content (AvgIpc) is 3.13. The number of amides is 2. The van der Waals surface area contributed by atoms with Crippen molar-refractivity contribution >= 4 is 17.8 Å². The standard InChI is InChI=1S/C22H34N2O6/c1-7-9-24(20(3,4)5)18(27)16-22-12-13(2)21(6,30-22)15(19(28)29)14(22)17(26)23(16)10-8-11-25/h7,13-16,25H,1,8-12H2,2-6H3,(H,28,29)/t13?,14-,15-,16?,21+,22?/m0/s1. The molecule has 3 aliphatic heterocycles. The Kier molecular flexibility index (Phi) is 5.56. The predicted octanol–water partition coefficient (Wildman–Crippen LogP) is 1.28. The summed E-state index contributed by atoms with van der Waals surface area (Å²) < 4.78 is 6.43. The number of aliphatic hydroxyl groups excluding tert-OH is 1. The molecule has 6 atom stereocenters. The molecule has 2 bridgehead atoms. The van der Waals surface area contributed by atoms with E-state index in [9.17, 15) is 24.6 Å². The molecule has 3 fully saturated rings. The first-order valence-electron chi connectivity index (χ1n) is 10.6. The highest BCUT2D eigenvalue weighted by Crippen LogP contribution is 2.65. The Balaban J connectivity index is 2.14. The summed E-state index contributed by atoms with van der Waals surface area (Å²) >= 11 is 0. The molecule has 3 unspecified atom stereocenters. The maximum atomic E-state index is 13.9. The van der Waals surface area contributed by atoms with E-state index in [1.165, 1.54) is 4.90 Å². The lowest BCUT2D eigenvalue weighted by Gasteiger charge is -2.42. The van der Waals surface area contributed by atoms with E-state index in [2.05, 4.69) is 6.58 Å². The van der Waals surface area contributed by atoms with Crippen LogP contribution in [0.3, 0.4) is 0 Å². The van der Waals surface area contributed by atoms with Crippen molar-refractivity contribution < 1.29 is 29.3 Å². The van der Waals surface area contributed by atoms with Gasteiger partial charge >= 0.3 is 5.97 Å². The number of hydrogen-bond acceptors (Lipinski definition) is 5. The highest BCUT2D eigenvalue weighted by molar-refractivity contribution is 5.98. The predicted molar refractivity (Wildman–Crippen MR) is 109 cm³/mol. The average molecular weight is 423 g/mol. The fraction of sp³-hybridized carbons (Fsp3) is 0.773. The third-order valence-corrected chi connectivity index (χ3v) is 7.26. The largest absolute Gasteiger partial charge is 0.481 e. The summed E-state index contributed by atoms with van der Waals surface area (Å²) in [5.41, 5.74) is -2.70. The number of hydrogen-bond donors (Lipinski definition) is 2. The van der Waals surface area contributed by atoms with Gasteiger partial charge in [0.1, 0.15) is 17.6 Å². The Morgan fingerprint density at radius 3 is 2.53 bits per heavy atom. The fourth-order valence-electron chi connectivity index (χ4n) is 5.85. The number of nitrogens with zero attached hydrogens (tertiary/aromatic N) is 2. The van der Waals surface area contributed by atoms with Gasteiger partial charge in [0.25, 0.3) is 0 Å². The van der Waals surface area contributed by atoms with Crippen LogP contribution in [0.4, 0.5) is 0 Å². The van der Waals surface area contributed by atoms with E-state index in [1.807, 2.05) is 27.7 Å². The van der Waals surface area contributed by atoms with Gasteiger partial charge in [-0.05, 0) is 46.5 Å². The minimum Gasteiger partial charge on any atom is -0.481 e. The van der Waals surface area contributed by atoms with Crippen LogP contribution < -0.4 is 0 Å². The molecule has 3 rings (SSSR count). The molecule has 0 aromatic rings. The molecule has 0 radical (unpaired) electrons. The quantitative estimate of drug-likeness (QED) is 0.599. The summed E-state index contributed by atoms with van der Waals surface area (Å²) in [7, 11) is 0. The molecule has 3 saturated heterocycles. The summed E-state index contributed by atoms with van der Waals surface area (Å²) in [6.45, 7) is 13.5. The number of aliphatic carboxylic acids is 1. The first-order chi connectivity index (χ1) is 13.9. The minimum atomic E-state index is -1.18. The van der Waals surface area contributed by atoms with E-state index in [-0.39, 0.29) is 30.9 Å². The molecule has 0 aromatic carbocycles. The summed E-state index contributed by atoms with van der Waals surface area (Å²) in [6.07, 6.45) is 2.39. The number of carbonyl (C=O) groups is 3. The molecule has 0 aromatic heterocycles. The molecule has 0 aliphatic carbocycles. The number of rotatable bonds is 7. The number of carboxylic acid groups (broad SMARTS) is 1. The number of aliphatic hydroxyl groups is 1. The summed E-state index contributed by atoms with van der Waals surface area (Å²) in [5, 5.41) is 19.3. The molecule has 0 saturated carbocycles. The van der Waals surface area contributed by atoms with Crippen molar-refractivity contribution in [2.75, 3.05) is 19.7 Å². The van der Waals surface area contributed by atoms with Gasteiger partial charge in [-0.3, -0.25) is 14.4 Å². The van der Waals surface area contributed by atoms with E-state index in [4.69, 9.17) is 4.74 Å². The first-order valence-corrected chi connectivity index (χ1v) is 10.6. The fourth-order valence-corrected chi connectivity index (χ4v) is 5.85. The molecular formula is C22H34N2O6. The van der Waals surface area contributed by atoms with Crippen molar-refractivity contribution in [1.29, 1.82) is 0 Å². The molecule has 1 spiro atoms. The van der Waals surface area contributed by atoms with Gasteiger partial charge in [0, 0.05) is 25.2 Å². The lowest BCUT2D eigenvalue weighted by molar-refractivity contribution is -0.159. The highest BCUT2D eigenvalue weighted by atomic mass is 16.5. The normalized spacial score (nSPS) is 37.4. The second kappa shape index (κ2) is 7.34. The van der Waals surface area contributed by atoms with Crippen LogP contribution in [-0.4, -0.2) is 80.3 Å². The molecule has 2 amide bonds. The second-order valence-corrected chi connectivity index (χ2v) is 10.1. The number of likely N-dealkylation sites (tertiary alicyclic amines) is 1. The molecule has 30 heavy (non-hydrogen) atoms. The molecule has 168 valence electrons. The number of carboxylic acids is 1. The van der Waals surface area contributed by atoms with Crippen LogP contribution in [0.2, 0.25) is 0 Å². The summed E-state index contributed by atoms with van der Waals surface area (Å²) in [4.78, 5) is 42.7. The lowest BCUT2D eigenvalue weighted by atomic mass is 9.62. The van der Waals surface area contributed by atoms with Crippen LogP contribution in [0.15, 0.2) is 12.7 Å². The Bertz CT molecular complexity index is 761. The third kappa shape index (κ3) is 2.99. The van der Waals surface area contributed by atoms with Crippen LogP contribution >= 0.6 is 0 Å². The highest BCUT2D eigenvalue weighted by Gasteiger charge is 2.80. The molecule has 8 heteroatoms. The Morgan fingerprint density at radius 2 is 2.03 bits per heavy atom. The van der Waals surface area contributed by atoms with Crippen LogP contribution in [0.25, 0.3) is 0 Å². The van der Waals surface area contributed by atoms with E-state index < -0.39 is 40.6 Å². The Morgan fingerprint density at radius 1 is 1.40 bits per heavy atom. The van der Waals surface area contributed by atoms with Gasteiger partial charge in [0.2, 0.25) is 11.8 Å². The van der Waals surface area contributed by atoms with Gasteiger partial charge in [0.05, 0.1) is 11.5 Å². The maximum Gasteiger partial charge on any atom is 0.310 e. The summed E-state index contributed by atoms with van der Waals surface area (Å²) in [6, 6.07) is -0.922. The molecule has 8 nitrogen and oxygen atoms in total. The van der Waals surface area contributed by atoms with E-state index in [1.54, 1.807) is 17.9 Å². The first kappa shape index (κ1) is 22.7. The minimum absolute atomic E-state index is 0.113. The number of ether oxygens (including phenoxy) is 1. The van der Waals surface area contributed by atoms with E-state index in [0.717, 1.165) is 0 Å². The van der Waals surface area contributed by atoms with Crippen LogP contribution in [-0.2, 0) is 19.1 Å². The van der Waals surface area contributed by atoms with Crippen molar-refractivity contribution in [2.24, 2.45) is 17.8 Å². The van der Waals surface area contributed by atoms with Crippen molar-refractivity contribution in [3.8, 4) is 0 Å². The zero-order chi connectivity index (χ0) is 22.6. The van der Waals surface area contributed by atoms with Crippen molar-refractivity contribution in [3.63, 3.8) is 0 Å². The van der Waals surface area contributed by atoms with Crippen molar-refractivity contribution in [3.05, 3.63) is 12.7 Å². The third-order valence-electron chi connectivity index (χ3n) is 7.26. The van der Waals surface area contributed by atoms with Crippen molar-refractivity contribution in [1.82, 2.24) is 9.80 Å². The van der Waals surface area contributed by atoms with Crippen LogP contribution in [0.5, 0.6) is 0 Å². The van der Waals surface area contributed by atoms with Crippen LogP contribution in [0, 0.1) is 17.8 Å². The molecule has 2 N–H and O–H groups in total. The SMILES string of the molecule is C=CCN(C(=O)C1N(CCCO)C(=O)[C@@H]2[C@@H](C(=O)O)[C@]3(C)OC12CC3C)C(C)(C)C. The zero-order valence-electron chi connectivity index (χ0n) is 18.6. The topological polar surface area (TPSA) is 107 Å². The Labute approximate surface area is 177 Å². The van der Waals surface area contributed by atoms with E-state index in [0.29, 0.717) is 19.4 Å². The van der Waals surface area contributed by atoms with Gasteiger partial charge in [-0.15, -0.1) is 6.58 Å². The van der Waals surface area contributed by atoms with Crippen LogP contribution in [0.1, 0.15) is 47.5 Å². The second-order valence-electron chi connectivity index (χ2n) is 10.1. The van der Waals surface area contributed by atoms with Gasteiger partial charge < -0.3 is 24.7 Å². The zero-order valence-corrected chi connectivity index (χ0v) is 18.6.